The number of hydrogen-bond acceptors (Lipinski definition) is 5. The number of hydrogen-bond donors (Lipinski definition) is 3. The number of nitrogens with zero attached hydrogens (tertiary/aromatic N) is 1. The zero-order valence-corrected chi connectivity index (χ0v) is 15.3. The van der Waals surface area contributed by atoms with E-state index in [1.54, 1.807) is 6.20 Å². The van der Waals surface area contributed by atoms with Crippen LogP contribution in [0.2, 0.25) is 0 Å². The van der Waals surface area contributed by atoms with Crippen molar-refractivity contribution in [3.63, 3.8) is 0 Å². The summed E-state index contributed by atoms with van der Waals surface area (Å²) in [5.74, 6) is 1.60. The van der Waals surface area contributed by atoms with Crippen molar-refractivity contribution in [3.05, 3.63) is 54.2 Å². The molecule has 1 atom stereocenters. The number of carbonyl (C=O) groups is 1. The summed E-state index contributed by atoms with van der Waals surface area (Å²) < 4.78 is 5.75. The Morgan fingerprint density at radius 1 is 1.23 bits per heavy atom. The zero-order chi connectivity index (χ0) is 18.4. The summed E-state index contributed by atoms with van der Waals surface area (Å²) >= 11 is 0. The largest absolute Gasteiger partial charge is 0.487 e. The molecule has 3 N–H and O–H groups in total. The van der Waals surface area contributed by atoms with Gasteiger partial charge in [-0.25, -0.2) is 4.98 Å². The van der Waals surface area contributed by atoms with Crippen molar-refractivity contribution in [2.24, 2.45) is 0 Å². The molecule has 6 nitrogen and oxygen atoms in total. The second kappa shape index (κ2) is 8.19. The molecule has 2 aromatic rings. The van der Waals surface area contributed by atoms with Crippen molar-refractivity contribution in [2.45, 2.75) is 38.5 Å². The molecule has 1 aliphatic rings. The van der Waals surface area contributed by atoms with Crippen LogP contribution >= 0.6 is 0 Å². The average molecular weight is 354 g/mol. The smallest absolute Gasteiger partial charge is 0.237 e. The molecule has 1 aromatic heterocycles. The van der Waals surface area contributed by atoms with Crippen LogP contribution in [0.1, 0.15) is 25.8 Å². The fourth-order valence-electron chi connectivity index (χ4n) is 2.88. The van der Waals surface area contributed by atoms with Crippen LogP contribution in [0, 0.1) is 0 Å². The number of aromatic nitrogens is 1. The highest BCUT2D eigenvalue weighted by Gasteiger charge is 2.29. The van der Waals surface area contributed by atoms with E-state index in [2.05, 4.69) is 34.8 Å². The van der Waals surface area contributed by atoms with Crippen LogP contribution in [0.5, 0.6) is 5.75 Å². The number of benzene rings is 1. The summed E-state index contributed by atoms with van der Waals surface area (Å²) in [6, 6.07) is 13.7. The molecule has 1 aliphatic heterocycles. The van der Waals surface area contributed by atoms with E-state index in [0.717, 1.165) is 30.1 Å². The van der Waals surface area contributed by atoms with Crippen LogP contribution < -0.4 is 20.7 Å². The molecule has 0 aliphatic carbocycles. The van der Waals surface area contributed by atoms with Gasteiger partial charge in [-0.1, -0.05) is 30.3 Å². The molecule has 0 radical (unpaired) electrons. The average Bonchev–Trinajstić information content (AvgIpc) is 3.04. The molecule has 1 fully saturated rings. The predicted octanol–water partition coefficient (Wildman–Crippen LogP) is 2.33. The lowest BCUT2D eigenvalue weighted by atomic mass is 10.0. The maximum atomic E-state index is 11.7. The van der Waals surface area contributed by atoms with Gasteiger partial charge in [0.05, 0.1) is 12.2 Å². The third-order valence-electron chi connectivity index (χ3n) is 4.31. The normalized spacial score (nSPS) is 17.0. The SMILES string of the molecule is CC(C)(CNc1ccc(OCc2ccccc2)cn1)NC1CCNC1=O. The molecular formula is C20H26N4O2. The molecule has 0 spiro atoms. The molecule has 3 rings (SSSR count). The molecule has 1 unspecified atom stereocenters. The van der Waals surface area contributed by atoms with Crippen molar-refractivity contribution in [2.75, 3.05) is 18.4 Å². The third-order valence-corrected chi connectivity index (χ3v) is 4.31. The monoisotopic (exact) mass is 354 g/mol. The minimum atomic E-state index is -0.226. The van der Waals surface area contributed by atoms with E-state index in [1.165, 1.54) is 0 Å². The van der Waals surface area contributed by atoms with Gasteiger partial charge in [0.2, 0.25) is 5.91 Å². The standard InChI is InChI=1S/C20H26N4O2/c1-20(2,24-17-10-11-21-19(17)25)14-23-18-9-8-16(12-22-18)26-13-15-6-4-3-5-7-15/h3-9,12,17,24H,10-11,13-14H2,1-2H3,(H,21,25)(H,22,23). The van der Waals surface area contributed by atoms with Crippen LogP contribution in [0.3, 0.4) is 0 Å². The fourth-order valence-corrected chi connectivity index (χ4v) is 2.88. The van der Waals surface area contributed by atoms with Gasteiger partial charge in [0.1, 0.15) is 18.2 Å². The lowest BCUT2D eigenvalue weighted by Gasteiger charge is -2.29. The quantitative estimate of drug-likeness (QED) is 0.678. The number of anilines is 1. The lowest BCUT2D eigenvalue weighted by Crippen LogP contribution is -2.52. The highest BCUT2D eigenvalue weighted by Crippen LogP contribution is 2.15. The Balaban J connectivity index is 1.47. The topological polar surface area (TPSA) is 75.3 Å². The molecule has 1 amide bonds. The number of amides is 1. The summed E-state index contributed by atoms with van der Waals surface area (Å²) in [4.78, 5) is 16.1. The predicted molar refractivity (Wildman–Crippen MR) is 102 cm³/mol. The van der Waals surface area contributed by atoms with Gasteiger partial charge in [-0.2, -0.15) is 0 Å². The highest BCUT2D eigenvalue weighted by molar-refractivity contribution is 5.83. The molecule has 26 heavy (non-hydrogen) atoms. The van der Waals surface area contributed by atoms with Gasteiger partial charge in [0.25, 0.3) is 0 Å². The Morgan fingerprint density at radius 3 is 2.69 bits per heavy atom. The van der Waals surface area contributed by atoms with E-state index in [4.69, 9.17) is 4.74 Å². The third kappa shape index (κ3) is 5.20. The summed E-state index contributed by atoms with van der Waals surface area (Å²) in [6.07, 6.45) is 2.55. The van der Waals surface area contributed by atoms with Gasteiger partial charge in [0, 0.05) is 18.6 Å². The first-order valence-corrected chi connectivity index (χ1v) is 8.94. The van der Waals surface area contributed by atoms with Crippen molar-refractivity contribution in [3.8, 4) is 5.75 Å². The number of ether oxygens (including phenoxy) is 1. The van der Waals surface area contributed by atoms with Crippen molar-refractivity contribution < 1.29 is 9.53 Å². The molecule has 1 saturated heterocycles. The first kappa shape index (κ1) is 18.2. The van der Waals surface area contributed by atoms with Crippen molar-refractivity contribution >= 4 is 11.7 Å². The van der Waals surface area contributed by atoms with E-state index >= 15 is 0 Å². The van der Waals surface area contributed by atoms with Gasteiger partial charge >= 0.3 is 0 Å². The lowest BCUT2D eigenvalue weighted by molar-refractivity contribution is -0.121. The van der Waals surface area contributed by atoms with Crippen LogP contribution in [0.25, 0.3) is 0 Å². The zero-order valence-electron chi connectivity index (χ0n) is 15.3. The molecule has 2 heterocycles. The first-order valence-electron chi connectivity index (χ1n) is 8.94. The van der Waals surface area contributed by atoms with Gasteiger partial charge in [-0.05, 0) is 38.0 Å². The van der Waals surface area contributed by atoms with E-state index in [0.29, 0.717) is 13.2 Å². The van der Waals surface area contributed by atoms with Gasteiger partial charge < -0.3 is 15.4 Å². The first-order chi connectivity index (χ1) is 12.5. The molecular weight excluding hydrogens is 328 g/mol. The van der Waals surface area contributed by atoms with Gasteiger partial charge in [-0.3, -0.25) is 10.1 Å². The number of pyridine rings is 1. The van der Waals surface area contributed by atoms with Crippen LogP contribution in [0.4, 0.5) is 5.82 Å². The van der Waals surface area contributed by atoms with Crippen LogP contribution in [-0.4, -0.2) is 35.6 Å². The fraction of sp³-hybridized carbons (Fsp3) is 0.400. The van der Waals surface area contributed by atoms with Crippen molar-refractivity contribution in [1.82, 2.24) is 15.6 Å². The molecule has 6 heteroatoms. The minimum Gasteiger partial charge on any atom is -0.487 e. The summed E-state index contributed by atoms with van der Waals surface area (Å²) in [5, 5.41) is 9.56. The van der Waals surface area contributed by atoms with Crippen molar-refractivity contribution in [1.29, 1.82) is 0 Å². The maximum Gasteiger partial charge on any atom is 0.237 e. The highest BCUT2D eigenvalue weighted by atomic mass is 16.5. The Kier molecular flexibility index (Phi) is 5.73. The summed E-state index contributed by atoms with van der Waals surface area (Å²) in [7, 11) is 0. The second-order valence-corrected chi connectivity index (χ2v) is 7.17. The van der Waals surface area contributed by atoms with Crippen LogP contribution in [0.15, 0.2) is 48.7 Å². The summed E-state index contributed by atoms with van der Waals surface area (Å²) in [5.41, 5.74) is 0.898. The number of nitrogens with one attached hydrogen (secondary N) is 3. The van der Waals surface area contributed by atoms with E-state index in [9.17, 15) is 4.79 Å². The van der Waals surface area contributed by atoms with Crippen LogP contribution in [-0.2, 0) is 11.4 Å². The van der Waals surface area contributed by atoms with E-state index < -0.39 is 0 Å². The Hall–Kier alpha value is -2.60. The molecule has 1 aromatic carbocycles. The van der Waals surface area contributed by atoms with E-state index in [-0.39, 0.29) is 17.5 Å². The second-order valence-electron chi connectivity index (χ2n) is 7.17. The molecule has 0 bridgehead atoms. The molecule has 0 saturated carbocycles. The Morgan fingerprint density at radius 2 is 2.04 bits per heavy atom. The Labute approximate surface area is 154 Å². The van der Waals surface area contributed by atoms with Gasteiger partial charge in [-0.15, -0.1) is 0 Å². The van der Waals surface area contributed by atoms with Gasteiger partial charge in [0.15, 0.2) is 0 Å². The Bertz CT molecular complexity index is 716. The molecule has 138 valence electrons. The van der Waals surface area contributed by atoms with E-state index in [1.807, 2.05) is 42.5 Å². The maximum absolute atomic E-state index is 11.7. The number of carbonyl (C=O) groups excluding carboxylic acids is 1. The number of rotatable bonds is 8. The summed E-state index contributed by atoms with van der Waals surface area (Å²) in [6.45, 7) is 6.07. The minimum absolute atomic E-state index is 0.0797.